The topological polar surface area (TPSA) is 76.7 Å². The van der Waals surface area contributed by atoms with Crippen LogP contribution in [0.25, 0.3) is 0 Å². The molecule has 0 unspecified atom stereocenters. The lowest BCUT2D eigenvalue weighted by Gasteiger charge is -2.13. The van der Waals surface area contributed by atoms with Crippen LogP contribution in [0, 0.1) is 0 Å². The third kappa shape index (κ3) is 5.13. The van der Waals surface area contributed by atoms with Crippen LogP contribution >= 0.6 is 0 Å². The number of rotatable bonds is 5. The first-order chi connectivity index (χ1) is 12.8. The molecule has 2 rings (SSSR count). The molecule has 9 heteroatoms. The molecule has 2 aromatic carbocycles. The van der Waals surface area contributed by atoms with Gasteiger partial charge in [-0.2, -0.15) is 13.2 Å². The van der Waals surface area contributed by atoms with Crippen LogP contribution in [0.1, 0.15) is 11.1 Å². The van der Waals surface area contributed by atoms with Gasteiger partial charge in [-0.3, -0.25) is 9.59 Å². The summed E-state index contributed by atoms with van der Waals surface area (Å²) in [6.07, 6.45) is -4.65. The molecule has 0 aliphatic rings. The molecular weight excluding hydrogens is 365 g/mol. The van der Waals surface area contributed by atoms with Gasteiger partial charge in [0.05, 0.1) is 25.5 Å². The molecule has 0 fully saturated rings. The molecule has 27 heavy (non-hydrogen) atoms. The fourth-order valence-electron chi connectivity index (χ4n) is 2.27. The van der Waals surface area contributed by atoms with Gasteiger partial charge in [-0.05, 0) is 29.8 Å². The number of hydrogen-bond donors (Lipinski definition) is 2. The lowest BCUT2D eigenvalue weighted by Crippen LogP contribution is -2.35. The van der Waals surface area contributed by atoms with Gasteiger partial charge in [0, 0.05) is 6.54 Å². The van der Waals surface area contributed by atoms with E-state index in [1.165, 1.54) is 26.4 Å². The largest absolute Gasteiger partial charge is 0.493 e. The molecule has 0 saturated heterocycles. The second-order valence-corrected chi connectivity index (χ2v) is 5.37. The molecule has 0 atom stereocenters. The van der Waals surface area contributed by atoms with Gasteiger partial charge in [0.15, 0.2) is 11.5 Å². The molecule has 0 aliphatic heterocycles. The second-order valence-electron chi connectivity index (χ2n) is 5.37. The molecule has 0 saturated carbocycles. The van der Waals surface area contributed by atoms with Crippen molar-refractivity contribution in [3.05, 3.63) is 53.6 Å². The third-order valence-corrected chi connectivity index (χ3v) is 3.59. The highest BCUT2D eigenvalue weighted by Gasteiger charge is 2.34. The maximum atomic E-state index is 12.9. The van der Waals surface area contributed by atoms with Crippen molar-refractivity contribution in [2.24, 2.45) is 0 Å². The lowest BCUT2D eigenvalue weighted by atomic mass is 10.1. The van der Waals surface area contributed by atoms with Crippen LogP contribution in [0.5, 0.6) is 11.5 Å². The highest BCUT2D eigenvalue weighted by atomic mass is 19.4. The second kappa shape index (κ2) is 8.43. The van der Waals surface area contributed by atoms with Crippen molar-refractivity contribution in [1.29, 1.82) is 0 Å². The minimum absolute atomic E-state index is 0.0203. The van der Waals surface area contributed by atoms with E-state index in [1.54, 1.807) is 18.2 Å². The number of hydrogen-bond acceptors (Lipinski definition) is 4. The Bertz CT molecular complexity index is 838. The quantitative estimate of drug-likeness (QED) is 0.780. The first kappa shape index (κ1) is 20.1. The van der Waals surface area contributed by atoms with E-state index in [0.717, 1.165) is 12.1 Å². The Labute approximate surface area is 153 Å². The number of ether oxygens (including phenoxy) is 2. The Morgan fingerprint density at radius 2 is 1.63 bits per heavy atom. The minimum atomic E-state index is -4.65. The molecule has 2 aromatic rings. The van der Waals surface area contributed by atoms with Gasteiger partial charge in [0.2, 0.25) is 0 Å². The number of carbonyl (C=O) groups is 2. The summed E-state index contributed by atoms with van der Waals surface area (Å²) >= 11 is 0. The highest BCUT2D eigenvalue weighted by molar-refractivity contribution is 6.39. The number of halogens is 3. The Morgan fingerprint density at radius 1 is 0.963 bits per heavy atom. The van der Waals surface area contributed by atoms with Gasteiger partial charge in [0.1, 0.15) is 0 Å². The molecule has 0 aromatic heterocycles. The molecule has 0 spiro atoms. The van der Waals surface area contributed by atoms with Crippen molar-refractivity contribution in [1.82, 2.24) is 5.32 Å². The van der Waals surface area contributed by atoms with E-state index in [4.69, 9.17) is 9.47 Å². The van der Waals surface area contributed by atoms with E-state index in [1.807, 2.05) is 5.32 Å². The molecule has 0 bridgehead atoms. The summed E-state index contributed by atoms with van der Waals surface area (Å²) in [5.41, 5.74) is -0.910. The standard InChI is InChI=1S/C18H17F3N2O4/c1-26-14-8-7-11(9-15(14)27-2)10-22-16(24)17(25)23-13-6-4-3-5-12(13)18(19,20)21/h3-9H,10H2,1-2H3,(H,22,24)(H,23,25). The Hall–Kier alpha value is -3.23. The predicted molar refractivity (Wildman–Crippen MR) is 91.5 cm³/mol. The fourth-order valence-corrected chi connectivity index (χ4v) is 2.27. The van der Waals surface area contributed by atoms with Crippen molar-refractivity contribution in [3.63, 3.8) is 0 Å². The summed E-state index contributed by atoms with van der Waals surface area (Å²) < 4.78 is 49.0. The molecule has 2 N–H and O–H groups in total. The number of amides is 2. The van der Waals surface area contributed by atoms with E-state index in [2.05, 4.69) is 5.32 Å². The van der Waals surface area contributed by atoms with E-state index in [9.17, 15) is 22.8 Å². The number of methoxy groups -OCH3 is 2. The number of carbonyl (C=O) groups excluding carboxylic acids is 2. The van der Waals surface area contributed by atoms with Crippen LogP contribution in [0.2, 0.25) is 0 Å². The van der Waals surface area contributed by atoms with Crippen molar-refractivity contribution in [2.75, 3.05) is 19.5 Å². The summed E-state index contributed by atoms with van der Waals surface area (Å²) in [6.45, 7) is -0.0203. The zero-order chi connectivity index (χ0) is 20.0. The van der Waals surface area contributed by atoms with E-state index in [-0.39, 0.29) is 6.54 Å². The van der Waals surface area contributed by atoms with E-state index < -0.39 is 29.2 Å². The van der Waals surface area contributed by atoms with Crippen LogP contribution < -0.4 is 20.1 Å². The average Bonchev–Trinajstić information content (AvgIpc) is 2.65. The third-order valence-electron chi connectivity index (χ3n) is 3.59. The van der Waals surface area contributed by atoms with Crippen LogP contribution in [-0.4, -0.2) is 26.0 Å². The number of benzene rings is 2. The van der Waals surface area contributed by atoms with Crippen molar-refractivity contribution >= 4 is 17.5 Å². The summed E-state index contributed by atoms with van der Waals surface area (Å²) in [7, 11) is 2.92. The van der Waals surface area contributed by atoms with Crippen molar-refractivity contribution in [2.45, 2.75) is 12.7 Å². The maximum absolute atomic E-state index is 12.9. The van der Waals surface area contributed by atoms with Gasteiger partial charge in [-0.25, -0.2) is 0 Å². The SMILES string of the molecule is COc1ccc(CNC(=O)C(=O)Nc2ccccc2C(F)(F)F)cc1OC. The maximum Gasteiger partial charge on any atom is 0.418 e. The number of para-hydroxylation sites is 1. The highest BCUT2D eigenvalue weighted by Crippen LogP contribution is 2.34. The van der Waals surface area contributed by atoms with Crippen LogP contribution in [-0.2, 0) is 22.3 Å². The first-order valence-corrected chi connectivity index (χ1v) is 7.72. The molecule has 2 amide bonds. The molecule has 6 nitrogen and oxygen atoms in total. The molecule has 144 valence electrons. The Kier molecular flexibility index (Phi) is 6.27. The van der Waals surface area contributed by atoms with Gasteiger partial charge >= 0.3 is 18.0 Å². The predicted octanol–water partition coefficient (Wildman–Crippen LogP) is 2.98. The van der Waals surface area contributed by atoms with Crippen LogP contribution in [0.15, 0.2) is 42.5 Å². The molecule has 0 aliphatic carbocycles. The van der Waals surface area contributed by atoms with Crippen molar-refractivity contribution in [3.8, 4) is 11.5 Å². The summed E-state index contributed by atoms with van der Waals surface area (Å²) in [4.78, 5) is 23.8. The monoisotopic (exact) mass is 382 g/mol. The Morgan fingerprint density at radius 3 is 2.26 bits per heavy atom. The summed E-state index contributed by atoms with van der Waals surface area (Å²) in [5, 5.41) is 4.32. The van der Waals surface area contributed by atoms with Crippen LogP contribution in [0.4, 0.5) is 18.9 Å². The summed E-state index contributed by atoms with van der Waals surface area (Å²) in [6, 6.07) is 9.29. The van der Waals surface area contributed by atoms with Gasteiger partial charge < -0.3 is 20.1 Å². The fraction of sp³-hybridized carbons (Fsp3) is 0.222. The average molecular weight is 382 g/mol. The molecule has 0 radical (unpaired) electrons. The van der Waals surface area contributed by atoms with E-state index >= 15 is 0 Å². The smallest absolute Gasteiger partial charge is 0.418 e. The number of nitrogens with one attached hydrogen (secondary N) is 2. The van der Waals surface area contributed by atoms with Gasteiger partial charge in [-0.1, -0.05) is 18.2 Å². The molecule has 0 heterocycles. The zero-order valence-corrected chi connectivity index (χ0v) is 14.5. The van der Waals surface area contributed by atoms with Crippen molar-refractivity contribution < 1.29 is 32.2 Å². The van der Waals surface area contributed by atoms with Gasteiger partial charge in [-0.15, -0.1) is 0 Å². The normalized spacial score (nSPS) is 10.9. The summed E-state index contributed by atoms with van der Waals surface area (Å²) in [5.74, 6) is -1.34. The van der Waals surface area contributed by atoms with Crippen LogP contribution in [0.3, 0.4) is 0 Å². The first-order valence-electron chi connectivity index (χ1n) is 7.72. The lowest BCUT2D eigenvalue weighted by molar-refractivity contribution is -0.138. The van der Waals surface area contributed by atoms with E-state index in [0.29, 0.717) is 17.1 Å². The zero-order valence-electron chi connectivity index (χ0n) is 14.5. The number of anilines is 1. The Balaban J connectivity index is 2.02. The number of alkyl halides is 3. The minimum Gasteiger partial charge on any atom is -0.493 e. The molecular formula is C18H17F3N2O4. The van der Waals surface area contributed by atoms with Gasteiger partial charge in [0.25, 0.3) is 0 Å².